The Hall–Kier alpha value is -1.41. The first-order valence-corrected chi connectivity index (χ1v) is 10.9. The summed E-state index contributed by atoms with van der Waals surface area (Å²) < 4.78 is 25.2. The van der Waals surface area contributed by atoms with Crippen LogP contribution in [0.2, 0.25) is 10.0 Å². The summed E-state index contributed by atoms with van der Waals surface area (Å²) in [5.74, 6) is -0.486. The van der Waals surface area contributed by atoms with E-state index in [2.05, 4.69) is 5.32 Å². The Bertz CT molecular complexity index is 889. The largest absolute Gasteiger partial charge is 0.324 e. The van der Waals surface area contributed by atoms with Crippen molar-refractivity contribution in [1.29, 1.82) is 0 Å². The topological polar surface area (TPSA) is 66.5 Å². The first kappa shape index (κ1) is 19.9. The second kappa shape index (κ2) is 8.31. The molecule has 0 atom stereocenters. The molecule has 2 aromatic rings. The van der Waals surface area contributed by atoms with Crippen molar-refractivity contribution in [1.82, 2.24) is 0 Å². The van der Waals surface area contributed by atoms with Crippen molar-refractivity contribution in [2.75, 3.05) is 28.7 Å². The fraction of sp³-hybridized carbons (Fsp3) is 0.188. The van der Waals surface area contributed by atoms with Crippen LogP contribution in [-0.4, -0.2) is 33.4 Å². The van der Waals surface area contributed by atoms with E-state index in [1.165, 1.54) is 17.8 Å². The van der Waals surface area contributed by atoms with E-state index in [1.807, 2.05) is 18.4 Å². The summed E-state index contributed by atoms with van der Waals surface area (Å²) in [7, 11) is -3.73. The molecule has 25 heavy (non-hydrogen) atoms. The lowest BCUT2D eigenvalue weighted by molar-refractivity contribution is -0.114. The monoisotopic (exact) mass is 418 g/mol. The number of halogens is 2. The van der Waals surface area contributed by atoms with Crippen LogP contribution >= 0.6 is 35.0 Å². The number of carbonyl (C=O) groups excluding carboxylic acids is 1. The molecule has 2 aromatic carbocycles. The fourth-order valence-electron chi connectivity index (χ4n) is 2.10. The number of nitrogens with one attached hydrogen (secondary N) is 1. The summed E-state index contributed by atoms with van der Waals surface area (Å²) in [5, 5.41) is 2.97. The van der Waals surface area contributed by atoms with Crippen molar-refractivity contribution in [2.24, 2.45) is 0 Å². The lowest BCUT2D eigenvalue weighted by Crippen LogP contribution is -2.37. The van der Waals surface area contributed by atoms with Gasteiger partial charge in [-0.3, -0.25) is 9.10 Å². The number of benzene rings is 2. The molecule has 0 aromatic heterocycles. The zero-order valence-electron chi connectivity index (χ0n) is 13.5. The summed E-state index contributed by atoms with van der Waals surface area (Å²) in [6, 6.07) is 11.9. The van der Waals surface area contributed by atoms with E-state index in [4.69, 9.17) is 23.2 Å². The van der Waals surface area contributed by atoms with Gasteiger partial charge in [-0.05, 0) is 36.6 Å². The standard InChI is InChI=1S/C16H16Cl2N2O3S2/c1-24-12-6-3-5-11(9-12)19-15(21)10-20(25(2,22)23)14-8-4-7-13(17)16(14)18/h3-9H,10H2,1-2H3,(H,19,21). The molecule has 0 unspecified atom stereocenters. The predicted octanol–water partition coefficient (Wildman–Crippen LogP) is 4.12. The van der Waals surface area contributed by atoms with Gasteiger partial charge in [-0.15, -0.1) is 11.8 Å². The number of anilines is 2. The Morgan fingerprint density at radius 2 is 1.88 bits per heavy atom. The number of hydrogen-bond acceptors (Lipinski definition) is 4. The molecule has 0 aliphatic heterocycles. The van der Waals surface area contributed by atoms with E-state index in [1.54, 1.807) is 24.3 Å². The van der Waals surface area contributed by atoms with Crippen molar-refractivity contribution < 1.29 is 13.2 Å². The van der Waals surface area contributed by atoms with Gasteiger partial charge in [0.25, 0.3) is 0 Å². The molecule has 1 amide bonds. The van der Waals surface area contributed by atoms with Crippen LogP contribution in [-0.2, 0) is 14.8 Å². The van der Waals surface area contributed by atoms with Crippen molar-refractivity contribution in [3.63, 3.8) is 0 Å². The second-order valence-corrected chi connectivity index (χ2v) is 8.69. The van der Waals surface area contributed by atoms with E-state index in [0.29, 0.717) is 5.69 Å². The molecule has 0 radical (unpaired) electrons. The van der Waals surface area contributed by atoms with E-state index in [0.717, 1.165) is 15.5 Å². The maximum absolute atomic E-state index is 12.3. The van der Waals surface area contributed by atoms with Crippen molar-refractivity contribution in [3.05, 3.63) is 52.5 Å². The van der Waals surface area contributed by atoms with Crippen LogP contribution in [0.3, 0.4) is 0 Å². The molecule has 2 rings (SSSR count). The van der Waals surface area contributed by atoms with Gasteiger partial charge in [-0.2, -0.15) is 0 Å². The highest BCUT2D eigenvalue weighted by Crippen LogP contribution is 2.33. The van der Waals surface area contributed by atoms with Gasteiger partial charge in [-0.25, -0.2) is 8.42 Å². The number of hydrogen-bond donors (Lipinski definition) is 1. The summed E-state index contributed by atoms with van der Waals surface area (Å²) in [5.41, 5.74) is 0.743. The average molecular weight is 419 g/mol. The number of carbonyl (C=O) groups is 1. The molecule has 0 bridgehead atoms. The SMILES string of the molecule is CSc1cccc(NC(=O)CN(c2cccc(Cl)c2Cl)S(C)(=O)=O)c1. The van der Waals surface area contributed by atoms with Gasteiger partial charge < -0.3 is 5.32 Å². The summed E-state index contributed by atoms with van der Waals surface area (Å²) in [6.07, 6.45) is 2.93. The first-order chi connectivity index (χ1) is 11.7. The molecule has 9 heteroatoms. The van der Waals surface area contributed by atoms with Gasteiger partial charge in [0.15, 0.2) is 0 Å². The minimum atomic E-state index is -3.73. The van der Waals surface area contributed by atoms with Crippen LogP contribution in [0.1, 0.15) is 0 Å². The minimum Gasteiger partial charge on any atom is -0.324 e. The lowest BCUT2D eigenvalue weighted by atomic mass is 10.3. The third-order valence-corrected chi connectivity index (χ3v) is 5.90. The van der Waals surface area contributed by atoms with Gasteiger partial charge in [0.1, 0.15) is 6.54 Å². The van der Waals surface area contributed by atoms with Crippen LogP contribution in [0.15, 0.2) is 47.4 Å². The highest BCUT2D eigenvalue weighted by Gasteiger charge is 2.24. The molecule has 0 spiro atoms. The molecule has 1 N–H and O–H groups in total. The maximum Gasteiger partial charge on any atom is 0.245 e. The first-order valence-electron chi connectivity index (χ1n) is 7.08. The Kier molecular flexibility index (Phi) is 6.62. The van der Waals surface area contributed by atoms with Crippen LogP contribution in [0.25, 0.3) is 0 Å². The smallest absolute Gasteiger partial charge is 0.245 e. The number of amides is 1. The quantitative estimate of drug-likeness (QED) is 0.716. The highest BCUT2D eigenvalue weighted by atomic mass is 35.5. The Morgan fingerprint density at radius 3 is 2.52 bits per heavy atom. The van der Waals surface area contributed by atoms with Crippen LogP contribution < -0.4 is 9.62 Å². The van der Waals surface area contributed by atoms with Crippen LogP contribution in [0, 0.1) is 0 Å². The maximum atomic E-state index is 12.3. The number of rotatable bonds is 6. The molecule has 5 nitrogen and oxygen atoms in total. The van der Waals surface area contributed by atoms with Crippen LogP contribution in [0.5, 0.6) is 0 Å². The zero-order chi connectivity index (χ0) is 18.6. The molecular weight excluding hydrogens is 403 g/mol. The fourth-order valence-corrected chi connectivity index (χ4v) is 3.87. The van der Waals surface area contributed by atoms with E-state index >= 15 is 0 Å². The summed E-state index contributed by atoms with van der Waals surface area (Å²) in [4.78, 5) is 13.3. The van der Waals surface area contributed by atoms with Gasteiger partial charge >= 0.3 is 0 Å². The number of thioether (sulfide) groups is 1. The predicted molar refractivity (Wildman–Crippen MR) is 106 cm³/mol. The Labute approximate surface area is 161 Å². The molecule has 0 saturated carbocycles. The van der Waals surface area contributed by atoms with Crippen LogP contribution in [0.4, 0.5) is 11.4 Å². The molecular formula is C16H16Cl2N2O3S2. The summed E-state index contributed by atoms with van der Waals surface area (Å²) >= 11 is 13.6. The van der Waals surface area contributed by atoms with E-state index < -0.39 is 22.5 Å². The normalized spacial score (nSPS) is 11.2. The molecule has 0 heterocycles. The summed E-state index contributed by atoms with van der Waals surface area (Å²) in [6.45, 7) is -0.414. The zero-order valence-corrected chi connectivity index (χ0v) is 16.6. The lowest BCUT2D eigenvalue weighted by Gasteiger charge is -2.23. The minimum absolute atomic E-state index is 0.0757. The molecule has 0 aliphatic carbocycles. The molecule has 0 aliphatic rings. The van der Waals surface area contributed by atoms with Gasteiger partial charge in [0, 0.05) is 10.6 Å². The molecule has 0 fully saturated rings. The third kappa shape index (κ3) is 5.28. The average Bonchev–Trinajstić information content (AvgIpc) is 2.55. The number of sulfonamides is 1. The van der Waals surface area contributed by atoms with Crippen molar-refractivity contribution >= 4 is 62.3 Å². The van der Waals surface area contributed by atoms with E-state index in [9.17, 15) is 13.2 Å². The van der Waals surface area contributed by atoms with E-state index in [-0.39, 0.29) is 15.7 Å². The molecule has 134 valence electrons. The number of nitrogens with zero attached hydrogens (tertiary/aromatic N) is 1. The van der Waals surface area contributed by atoms with Gasteiger partial charge in [0.2, 0.25) is 15.9 Å². The van der Waals surface area contributed by atoms with Crippen molar-refractivity contribution in [3.8, 4) is 0 Å². The highest BCUT2D eigenvalue weighted by molar-refractivity contribution is 7.98. The Balaban J connectivity index is 2.25. The molecule has 0 saturated heterocycles. The third-order valence-electron chi connectivity index (χ3n) is 3.24. The second-order valence-electron chi connectivity index (χ2n) is 5.12. The Morgan fingerprint density at radius 1 is 1.20 bits per heavy atom. The van der Waals surface area contributed by atoms with Gasteiger partial charge in [-0.1, -0.05) is 35.3 Å². The van der Waals surface area contributed by atoms with Crippen molar-refractivity contribution in [2.45, 2.75) is 4.90 Å². The van der Waals surface area contributed by atoms with Gasteiger partial charge in [0.05, 0.1) is 22.0 Å².